The first-order chi connectivity index (χ1) is 5.24. The topological polar surface area (TPSA) is 117 Å². The van der Waals surface area contributed by atoms with Gasteiger partial charge in [-0.15, -0.1) is 0 Å². The largest absolute Gasteiger partial charge is 0.622 e. The van der Waals surface area contributed by atoms with E-state index in [9.17, 15) is 23.7 Å². The minimum Gasteiger partial charge on any atom is -0.622 e. The third-order valence-electron chi connectivity index (χ3n) is 0.531. The first kappa shape index (κ1) is 11.1. The summed E-state index contributed by atoms with van der Waals surface area (Å²) in [5, 5.41) is 20.3. The molecule has 0 radical (unpaired) electrons. The predicted molar refractivity (Wildman–Crippen MR) is 42.8 cm³/mol. The van der Waals surface area contributed by atoms with Gasteiger partial charge in [0.1, 0.15) is 30.9 Å². The molecule has 0 aromatic heterocycles. The maximum absolute atomic E-state index is 10.4. The van der Waals surface area contributed by atoms with Crippen LogP contribution >= 0.6 is 15.9 Å². The molecule has 0 aliphatic heterocycles. The third kappa shape index (κ3) is 4.08. The molecule has 0 fully saturated rings. The van der Waals surface area contributed by atoms with Crippen molar-refractivity contribution in [3.63, 3.8) is 0 Å². The molecule has 0 N–H and O–H groups in total. The van der Waals surface area contributed by atoms with E-state index in [1.54, 1.807) is 0 Å². The molecule has 8 nitrogen and oxygen atoms in total. The lowest BCUT2D eigenvalue weighted by molar-refractivity contribution is -0.473. The van der Waals surface area contributed by atoms with E-state index < -0.39 is 24.5 Å². The highest BCUT2D eigenvalue weighted by atomic mass is 79.9. The van der Waals surface area contributed by atoms with E-state index in [1.165, 1.54) is 0 Å². The van der Waals surface area contributed by atoms with Crippen LogP contribution in [-0.2, 0) is 10.0 Å². The Hall–Kier alpha value is -0.900. The second-order valence-corrected chi connectivity index (χ2v) is 3.95. The Morgan fingerprint density at radius 3 is 2.17 bits per heavy atom. The molecule has 0 saturated carbocycles. The summed E-state index contributed by atoms with van der Waals surface area (Å²) >= 11 is 2.23. The van der Waals surface area contributed by atoms with Gasteiger partial charge in [0.15, 0.2) is 0 Å². The van der Waals surface area contributed by atoms with Crippen LogP contribution in [0, 0.1) is 15.3 Å². The van der Waals surface area contributed by atoms with Crippen molar-refractivity contribution in [3.05, 3.63) is 20.2 Å². The van der Waals surface area contributed by atoms with Crippen molar-refractivity contribution in [2.24, 2.45) is 0 Å². The number of nitro groups is 1. The molecule has 0 aliphatic rings. The van der Waals surface area contributed by atoms with Crippen LogP contribution in [0.5, 0.6) is 0 Å². The molecular weight excluding hydrogens is 258 g/mol. The van der Waals surface area contributed by atoms with Crippen molar-refractivity contribution < 1.29 is 18.2 Å². The highest BCUT2D eigenvalue weighted by Gasteiger charge is 2.15. The van der Waals surface area contributed by atoms with Gasteiger partial charge in [-0.05, 0) is 0 Å². The first-order valence-corrected chi connectivity index (χ1v) is 4.95. The van der Waals surface area contributed by atoms with Crippen LogP contribution in [0.3, 0.4) is 0 Å². The average molecular weight is 261 g/mol. The summed E-state index contributed by atoms with van der Waals surface area (Å²) in [5.41, 5.74) is 0. The second-order valence-electron chi connectivity index (χ2n) is 1.61. The average Bonchev–Trinajstić information content (AvgIpc) is 1.82. The molecule has 0 heterocycles. The van der Waals surface area contributed by atoms with E-state index in [-0.39, 0.29) is 0 Å². The van der Waals surface area contributed by atoms with Gasteiger partial charge in [-0.3, -0.25) is 10.1 Å². The molecule has 10 heteroatoms. The van der Waals surface area contributed by atoms with Gasteiger partial charge in [-0.25, -0.2) is 8.42 Å². The molecule has 0 aromatic rings. The third-order valence-corrected chi connectivity index (χ3v) is 1.57. The molecule has 12 heavy (non-hydrogen) atoms. The van der Waals surface area contributed by atoms with Gasteiger partial charge < -0.3 is 10.0 Å². The lowest BCUT2D eigenvalue weighted by atomic mass is 11.3. The van der Waals surface area contributed by atoms with Crippen molar-refractivity contribution in [1.29, 1.82) is 0 Å². The maximum atomic E-state index is 10.4. The van der Waals surface area contributed by atoms with Crippen LogP contribution in [0.1, 0.15) is 0 Å². The molecule has 0 bridgehead atoms. The number of nitrogens with zero attached hydrogens (tertiary/aromatic N) is 3. The Balaban J connectivity index is 4.72. The Labute approximate surface area is 75.8 Å². The zero-order valence-corrected chi connectivity index (χ0v) is 8.07. The minimum atomic E-state index is -3.92. The highest BCUT2D eigenvalue weighted by molar-refractivity contribution is 9.18. The molecule has 0 atom stereocenters. The fourth-order valence-electron chi connectivity index (χ4n) is 0.238. The fraction of sp³-hybridized carbons (Fsp3) is 0.500. The minimum absolute atomic E-state index is 0.630. The van der Waals surface area contributed by atoms with Crippen molar-refractivity contribution in [2.45, 2.75) is 0 Å². The van der Waals surface area contributed by atoms with E-state index in [0.717, 1.165) is 0 Å². The molecule has 0 amide bonds. The summed E-state index contributed by atoms with van der Waals surface area (Å²) in [4.78, 5) is 10.6. The number of halogens is 1. The zero-order chi connectivity index (χ0) is 9.94. The predicted octanol–water partition coefficient (Wildman–Crippen LogP) is -0.227. The van der Waals surface area contributed by atoms with Gasteiger partial charge in [0.05, 0.1) is 0 Å². The number of amidine groups is 1. The van der Waals surface area contributed by atoms with Crippen LogP contribution < -0.4 is 0 Å². The molecule has 0 unspecified atom stereocenters. The maximum Gasteiger partial charge on any atom is 0.545 e. The molecule has 0 aliphatic carbocycles. The van der Waals surface area contributed by atoms with Crippen LogP contribution in [0.15, 0.2) is 0 Å². The van der Waals surface area contributed by atoms with Gasteiger partial charge in [0.25, 0.3) is 0 Å². The first-order valence-electron chi connectivity index (χ1n) is 2.31. The number of hydrogen-bond acceptors (Lipinski definition) is 5. The Morgan fingerprint density at radius 1 is 1.50 bits per heavy atom. The van der Waals surface area contributed by atoms with Crippen LogP contribution in [0.25, 0.3) is 4.83 Å². The van der Waals surface area contributed by atoms with Gasteiger partial charge in [-0.2, -0.15) is 4.85 Å². The molecule has 0 saturated heterocycles. The lowest BCUT2D eigenvalue weighted by Crippen LogP contribution is -2.17. The number of rotatable bonds is 2. The van der Waals surface area contributed by atoms with E-state index in [1.807, 2.05) is 0 Å². The molecule has 0 rings (SSSR count). The molecule has 0 aromatic carbocycles. The van der Waals surface area contributed by atoms with E-state index in [2.05, 4.69) is 20.8 Å². The van der Waals surface area contributed by atoms with Crippen molar-refractivity contribution in [2.75, 3.05) is 6.26 Å². The van der Waals surface area contributed by atoms with Gasteiger partial charge in [-0.1, -0.05) is 0 Å². The standard InChI is InChI=1S/C2H3BrN3O5S/c1-12(10,11)4-5(7)2(3)6(8)9/h1H3/q-1. The smallest absolute Gasteiger partial charge is 0.545 e. The van der Waals surface area contributed by atoms with Gasteiger partial charge in [0.2, 0.25) is 0 Å². The van der Waals surface area contributed by atoms with E-state index in [0.29, 0.717) is 6.26 Å². The number of hydrogen-bond donors (Lipinski definition) is 0. The molecule has 70 valence electrons. The Kier molecular flexibility index (Phi) is 3.39. The SMILES string of the molecule is CS(=O)(=O)[N-][N+]([O-])=C(Br)[N+](=O)[O-]. The summed E-state index contributed by atoms with van der Waals surface area (Å²) in [6.07, 6.45) is 0.637. The fourth-order valence-corrected chi connectivity index (χ4v) is 0.769. The quantitative estimate of drug-likeness (QED) is 0.129. The monoisotopic (exact) mass is 260 g/mol. The second kappa shape index (κ2) is 3.67. The summed E-state index contributed by atoms with van der Waals surface area (Å²) in [6.45, 7) is 0. The Morgan fingerprint density at radius 2 is 1.92 bits per heavy atom. The van der Waals surface area contributed by atoms with Crippen LogP contribution in [0.4, 0.5) is 0 Å². The van der Waals surface area contributed by atoms with Crippen molar-refractivity contribution in [1.82, 2.24) is 0 Å². The Bertz CT molecular complexity index is 320. The van der Waals surface area contributed by atoms with Crippen molar-refractivity contribution >= 4 is 30.7 Å². The van der Waals surface area contributed by atoms with Gasteiger partial charge >= 0.3 is 4.74 Å². The summed E-state index contributed by atoms with van der Waals surface area (Å²) in [6, 6.07) is 0. The zero-order valence-electron chi connectivity index (χ0n) is 5.67. The highest BCUT2D eigenvalue weighted by Crippen LogP contribution is 2.01. The lowest BCUT2D eigenvalue weighted by Gasteiger charge is -2.12. The van der Waals surface area contributed by atoms with Crippen LogP contribution in [0.2, 0.25) is 0 Å². The normalized spacial score (nSPS) is 13.5. The van der Waals surface area contributed by atoms with E-state index >= 15 is 0 Å². The summed E-state index contributed by atoms with van der Waals surface area (Å²) in [5.74, 6) is 0. The molecule has 0 spiro atoms. The van der Waals surface area contributed by atoms with Crippen LogP contribution in [-0.4, -0.2) is 29.2 Å². The van der Waals surface area contributed by atoms with Crippen molar-refractivity contribution in [3.8, 4) is 0 Å². The van der Waals surface area contributed by atoms with Gasteiger partial charge in [0, 0.05) is 6.26 Å². The summed E-state index contributed by atoms with van der Waals surface area (Å²) < 4.78 is 19.5. The number of sulfonamides is 1. The van der Waals surface area contributed by atoms with E-state index in [4.69, 9.17) is 0 Å². The molecular formula is C2H3BrN3O5S-. The summed E-state index contributed by atoms with van der Waals surface area (Å²) in [7, 11) is -3.92.